The molecule has 2 saturated heterocycles. The van der Waals surface area contributed by atoms with Gasteiger partial charge in [-0.15, -0.1) is 0 Å². The van der Waals surface area contributed by atoms with Crippen LogP contribution in [0.4, 0.5) is 0 Å². The molecule has 2 rings (SSSR count). The predicted molar refractivity (Wildman–Crippen MR) is 61.9 cm³/mol. The largest absolute Gasteiger partial charge is 0.392 e. The first-order valence-corrected chi connectivity index (χ1v) is 6.07. The lowest BCUT2D eigenvalue weighted by molar-refractivity contribution is -0.0273. The first-order valence-electron chi connectivity index (χ1n) is 6.07. The summed E-state index contributed by atoms with van der Waals surface area (Å²) in [6.07, 6.45) is 0.857. The van der Waals surface area contributed by atoms with E-state index in [1.54, 1.807) is 0 Å². The van der Waals surface area contributed by atoms with Gasteiger partial charge in [-0.25, -0.2) is 0 Å². The van der Waals surface area contributed by atoms with Crippen molar-refractivity contribution < 1.29 is 5.11 Å². The molecule has 2 fully saturated rings. The maximum absolute atomic E-state index is 9.61. The van der Waals surface area contributed by atoms with Crippen LogP contribution >= 0.6 is 0 Å². The molecular weight excluding hydrogens is 188 g/mol. The zero-order chi connectivity index (χ0) is 11.2. The minimum Gasteiger partial charge on any atom is -0.392 e. The SMILES string of the molecule is C[C@@H]1C[C@@H](O)CN1C1CN(C(C)(C)C)C1. The Hall–Kier alpha value is -0.120. The van der Waals surface area contributed by atoms with Gasteiger partial charge in [0.05, 0.1) is 6.10 Å². The smallest absolute Gasteiger partial charge is 0.0682 e. The monoisotopic (exact) mass is 212 g/mol. The number of hydrogen-bond donors (Lipinski definition) is 1. The second-order valence-corrected chi connectivity index (χ2v) is 6.16. The molecule has 3 heteroatoms. The topological polar surface area (TPSA) is 26.7 Å². The van der Waals surface area contributed by atoms with Gasteiger partial charge in [0.15, 0.2) is 0 Å². The average Bonchev–Trinajstić information content (AvgIpc) is 2.24. The molecule has 88 valence electrons. The molecule has 0 aromatic carbocycles. The van der Waals surface area contributed by atoms with E-state index < -0.39 is 0 Å². The van der Waals surface area contributed by atoms with Gasteiger partial charge in [-0.05, 0) is 34.1 Å². The second-order valence-electron chi connectivity index (χ2n) is 6.16. The summed E-state index contributed by atoms with van der Waals surface area (Å²) in [7, 11) is 0. The molecule has 0 bridgehead atoms. The molecule has 2 aliphatic rings. The van der Waals surface area contributed by atoms with E-state index in [9.17, 15) is 5.11 Å². The van der Waals surface area contributed by atoms with Gasteiger partial charge in [0, 0.05) is 37.3 Å². The Morgan fingerprint density at radius 3 is 2.13 bits per heavy atom. The highest BCUT2D eigenvalue weighted by Gasteiger charge is 2.41. The van der Waals surface area contributed by atoms with Gasteiger partial charge in [-0.2, -0.15) is 0 Å². The average molecular weight is 212 g/mol. The van der Waals surface area contributed by atoms with E-state index in [0.717, 1.165) is 13.0 Å². The number of nitrogens with zero attached hydrogens (tertiary/aromatic N) is 2. The van der Waals surface area contributed by atoms with Gasteiger partial charge in [-0.3, -0.25) is 9.80 Å². The quantitative estimate of drug-likeness (QED) is 0.700. The molecule has 3 nitrogen and oxygen atoms in total. The van der Waals surface area contributed by atoms with E-state index in [1.165, 1.54) is 13.1 Å². The Kier molecular flexibility index (Phi) is 2.82. The Morgan fingerprint density at radius 1 is 1.13 bits per heavy atom. The third kappa shape index (κ3) is 2.19. The van der Waals surface area contributed by atoms with E-state index in [1.807, 2.05) is 0 Å². The fraction of sp³-hybridized carbons (Fsp3) is 1.00. The molecule has 0 aromatic heterocycles. The Labute approximate surface area is 93.1 Å². The Bertz CT molecular complexity index is 230. The van der Waals surface area contributed by atoms with Crippen molar-refractivity contribution in [3.8, 4) is 0 Å². The van der Waals surface area contributed by atoms with Crippen molar-refractivity contribution in [1.29, 1.82) is 0 Å². The van der Waals surface area contributed by atoms with Crippen LogP contribution in [0.1, 0.15) is 34.1 Å². The highest BCUT2D eigenvalue weighted by molar-refractivity contribution is 4.98. The lowest BCUT2D eigenvalue weighted by atomic mass is 9.96. The number of likely N-dealkylation sites (tertiary alicyclic amines) is 2. The van der Waals surface area contributed by atoms with Crippen LogP contribution in [-0.2, 0) is 0 Å². The number of hydrogen-bond acceptors (Lipinski definition) is 3. The number of β-amino-alcohol motifs (C(OH)–C–C–N with tert-alkyl or cyclic N) is 1. The van der Waals surface area contributed by atoms with Gasteiger partial charge in [0.25, 0.3) is 0 Å². The van der Waals surface area contributed by atoms with E-state index in [4.69, 9.17) is 0 Å². The van der Waals surface area contributed by atoms with Crippen LogP contribution in [0.15, 0.2) is 0 Å². The van der Waals surface area contributed by atoms with Crippen molar-refractivity contribution in [3.63, 3.8) is 0 Å². The first-order chi connectivity index (χ1) is 6.88. The van der Waals surface area contributed by atoms with E-state index >= 15 is 0 Å². The molecule has 0 aliphatic carbocycles. The number of aliphatic hydroxyl groups excluding tert-OH is 1. The minimum atomic E-state index is -0.0938. The molecular formula is C12H24N2O. The van der Waals surface area contributed by atoms with Crippen LogP contribution in [0.25, 0.3) is 0 Å². The van der Waals surface area contributed by atoms with Crippen molar-refractivity contribution in [2.45, 2.75) is 57.8 Å². The van der Waals surface area contributed by atoms with Gasteiger partial charge >= 0.3 is 0 Å². The standard InChI is InChI=1S/C12H24N2O/c1-9-5-11(15)8-14(9)10-6-13(7-10)12(2,3)4/h9-11,15H,5-8H2,1-4H3/t9-,11-/m1/s1. The summed E-state index contributed by atoms with van der Waals surface area (Å²) in [5.74, 6) is 0. The van der Waals surface area contributed by atoms with E-state index in [0.29, 0.717) is 17.6 Å². The molecule has 2 heterocycles. The summed E-state index contributed by atoms with van der Waals surface area (Å²) in [6.45, 7) is 12.3. The van der Waals surface area contributed by atoms with Crippen LogP contribution in [0.5, 0.6) is 0 Å². The molecule has 1 N–H and O–H groups in total. The molecule has 0 saturated carbocycles. The molecule has 2 atom stereocenters. The summed E-state index contributed by atoms with van der Waals surface area (Å²) in [6, 6.07) is 1.24. The van der Waals surface area contributed by atoms with Crippen LogP contribution in [0.3, 0.4) is 0 Å². The number of aliphatic hydroxyl groups is 1. The zero-order valence-corrected chi connectivity index (χ0v) is 10.4. The fourth-order valence-corrected chi connectivity index (χ4v) is 2.75. The maximum Gasteiger partial charge on any atom is 0.0682 e. The molecule has 0 spiro atoms. The van der Waals surface area contributed by atoms with Crippen molar-refractivity contribution >= 4 is 0 Å². The van der Waals surface area contributed by atoms with Gasteiger partial charge in [-0.1, -0.05) is 0 Å². The summed E-state index contributed by atoms with van der Waals surface area (Å²) < 4.78 is 0. The molecule has 0 amide bonds. The normalized spacial score (nSPS) is 35.8. The minimum absolute atomic E-state index is 0.0938. The molecule has 0 radical (unpaired) electrons. The Morgan fingerprint density at radius 2 is 1.73 bits per heavy atom. The Balaban J connectivity index is 1.85. The highest BCUT2D eigenvalue weighted by atomic mass is 16.3. The van der Waals surface area contributed by atoms with Crippen molar-refractivity contribution in [2.75, 3.05) is 19.6 Å². The van der Waals surface area contributed by atoms with Crippen LogP contribution in [-0.4, -0.2) is 58.3 Å². The van der Waals surface area contributed by atoms with Gasteiger partial charge < -0.3 is 5.11 Å². The third-order valence-electron chi connectivity index (χ3n) is 3.88. The van der Waals surface area contributed by atoms with E-state index in [2.05, 4.69) is 37.5 Å². The molecule has 0 unspecified atom stereocenters. The molecule has 15 heavy (non-hydrogen) atoms. The van der Waals surface area contributed by atoms with Gasteiger partial charge in [0.1, 0.15) is 0 Å². The summed E-state index contributed by atoms with van der Waals surface area (Å²) >= 11 is 0. The van der Waals surface area contributed by atoms with E-state index in [-0.39, 0.29) is 6.10 Å². The maximum atomic E-state index is 9.61. The highest BCUT2D eigenvalue weighted by Crippen LogP contribution is 2.29. The molecule has 2 aliphatic heterocycles. The first kappa shape index (κ1) is 11.4. The fourth-order valence-electron chi connectivity index (χ4n) is 2.75. The van der Waals surface area contributed by atoms with Crippen molar-refractivity contribution in [2.24, 2.45) is 0 Å². The lowest BCUT2D eigenvalue weighted by Gasteiger charge is -2.51. The number of rotatable bonds is 1. The molecule has 0 aromatic rings. The van der Waals surface area contributed by atoms with Crippen LogP contribution < -0.4 is 0 Å². The summed E-state index contributed by atoms with van der Waals surface area (Å²) in [5, 5.41) is 9.61. The lowest BCUT2D eigenvalue weighted by Crippen LogP contribution is -2.65. The van der Waals surface area contributed by atoms with Crippen molar-refractivity contribution in [1.82, 2.24) is 9.80 Å². The second kappa shape index (κ2) is 3.72. The van der Waals surface area contributed by atoms with Gasteiger partial charge in [0.2, 0.25) is 0 Å². The third-order valence-corrected chi connectivity index (χ3v) is 3.88. The predicted octanol–water partition coefficient (Wildman–Crippen LogP) is 0.924. The summed E-state index contributed by atoms with van der Waals surface area (Å²) in [5.41, 5.74) is 0.304. The van der Waals surface area contributed by atoms with Crippen LogP contribution in [0, 0.1) is 0 Å². The summed E-state index contributed by atoms with van der Waals surface area (Å²) in [4.78, 5) is 4.99. The van der Waals surface area contributed by atoms with Crippen molar-refractivity contribution in [3.05, 3.63) is 0 Å². The zero-order valence-electron chi connectivity index (χ0n) is 10.4. The van der Waals surface area contributed by atoms with Crippen LogP contribution in [0.2, 0.25) is 0 Å².